The molecule has 0 unspecified atom stereocenters. The molecule has 0 radical (unpaired) electrons. The van der Waals surface area contributed by atoms with E-state index in [1.807, 2.05) is 84.9 Å². The maximum absolute atomic E-state index is 12.4. The van der Waals surface area contributed by atoms with E-state index in [2.05, 4.69) is 9.97 Å². The van der Waals surface area contributed by atoms with Crippen LogP contribution in [0.2, 0.25) is 0 Å². The van der Waals surface area contributed by atoms with Crippen molar-refractivity contribution in [2.24, 2.45) is 0 Å². The fourth-order valence-corrected chi connectivity index (χ4v) is 2.99. The number of pyridine rings is 1. The first-order valence-corrected chi connectivity index (χ1v) is 8.24. The number of rotatable bonds is 3. The molecular formula is C22H15N3O. The summed E-state index contributed by atoms with van der Waals surface area (Å²) in [5, 5.41) is 9.46. The molecule has 2 N–H and O–H groups in total. The molecule has 0 aliphatic carbocycles. The van der Waals surface area contributed by atoms with Gasteiger partial charge in [-0.2, -0.15) is 5.26 Å². The minimum atomic E-state index is -0.389. The molecule has 2 heterocycles. The van der Waals surface area contributed by atoms with Crippen molar-refractivity contribution in [2.45, 2.75) is 0 Å². The number of hydrogen-bond acceptors (Lipinski definition) is 2. The van der Waals surface area contributed by atoms with Crippen LogP contribution < -0.4 is 5.56 Å². The molecule has 0 amide bonds. The number of benzene rings is 2. The first-order chi connectivity index (χ1) is 12.8. The third kappa shape index (κ3) is 2.83. The standard InChI is InChI=1S/C22H15N3O/c23-14-18-17(13-21(25-22(18)26)16-9-5-2-6-10-16)20-12-11-19(24-20)15-7-3-1-4-8-15/h1-13,24H,(H,25,26). The lowest BCUT2D eigenvalue weighted by atomic mass is 10.0. The van der Waals surface area contributed by atoms with Crippen LogP contribution in [0.1, 0.15) is 5.56 Å². The normalized spacial score (nSPS) is 10.4. The Balaban J connectivity index is 1.86. The van der Waals surface area contributed by atoms with E-state index in [9.17, 15) is 10.1 Å². The first-order valence-electron chi connectivity index (χ1n) is 8.24. The van der Waals surface area contributed by atoms with Gasteiger partial charge in [-0.05, 0) is 29.3 Å². The quantitative estimate of drug-likeness (QED) is 0.574. The van der Waals surface area contributed by atoms with Crippen molar-refractivity contribution < 1.29 is 0 Å². The van der Waals surface area contributed by atoms with Gasteiger partial charge in [0.05, 0.1) is 0 Å². The van der Waals surface area contributed by atoms with E-state index in [0.717, 1.165) is 22.5 Å². The lowest BCUT2D eigenvalue weighted by molar-refractivity contribution is 1.21. The molecule has 0 aliphatic rings. The largest absolute Gasteiger partial charge is 0.355 e. The topological polar surface area (TPSA) is 72.4 Å². The Morgan fingerprint density at radius 2 is 1.27 bits per heavy atom. The van der Waals surface area contributed by atoms with Gasteiger partial charge in [-0.3, -0.25) is 4.79 Å². The Hall–Kier alpha value is -3.84. The van der Waals surface area contributed by atoms with E-state index in [4.69, 9.17) is 0 Å². The average Bonchev–Trinajstić information content (AvgIpc) is 3.19. The molecular weight excluding hydrogens is 322 g/mol. The highest BCUT2D eigenvalue weighted by Crippen LogP contribution is 2.28. The van der Waals surface area contributed by atoms with Crippen molar-refractivity contribution in [3.05, 3.63) is 94.8 Å². The van der Waals surface area contributed by atoms with Gasteiger partial charge in [0.25, 0.3) is 5.56 Å². The van der Waals surface area contributed by atoms with Crippen LogP contribution in [0.5, 0.6) is 0 Å². The molecule has 4 nitrogen and oxygen atoms in total. The number of nitriles is 1. The van der Waals surface area contributed by atoms with Crippen molar-refractivity contribution in [3.63, 3.8) is 0 Å². The Bertz CT molecular complexity index is 1150. The molecule has 0 spiro atoms. The Labute approximate surface area is 150 Å². The molecule has 2 aromatic heterocycles. The zero-order chi connectivity index (χ0) is 17.9. The summed E-state index contributed by atoms with van der Waals surface area (Å²) in [6.07, 6.45) is 0. The molecule has 0 fully saturated rings. The number of aromatic amines is 2. The van der Waals surface area contributed by atoms with Crippen LogP contribution in [0.15, 0.2) is 83.7 Å². The zero-order valence-corrected chi connectivity index (χ0v) is 13.9. The highest BCUT2D eigenvalue weighted by atomic mass is 16.1. The van der Waals surface area contributed by atoms with Crippen LogP contribution in [-0.2, 0) is 0 Å². The summed E-state index contributed by atoms with van der Waals surface area (Å²) >= 11 is 0. The van der Waals surface area contributed by atoms with E-state index in [1.165, 1.54) is 0 Å². The number of H-pyrrole nitrogens is 2. The predicted octanol–water partition coefficient (Wildman–Crippen LogP) is 4.58. The smallest absolute Gasteiger partial charge is 0.267 e. The molecule has 0 saturated heterocycles. The third-order valence-electron chi connectivity index (χ3n) is 4.29. The van der Waals surface area contributed by atoms with E-state index >= 15 is 0 Å². The SMILES string of the molecule is N#Cc1c(-c2ccc(-c3ccccc3)[nH]2)cc(-c2ccccc2)[nH]c1=O. The lowest BCUT2D eigenvalue weighted by Crippen LogP contribution is -2.12. The summed E-state index contributed by atoms with van der Waals surface area (Å²) < 4.78 is 0. The summed E-state index contributed by atoms with van der Waals surface area (Å²) in [7, 11) is 0. The Morgan fingerprint density at radius 1 is 0.692 bits per heavy atom. The fourth-order valence-electron chi connectivity index (χ4n) is 2.99. The van der Waals surface area contributed by atoms with Crippen molar-refractivity contribution in [1.29, 1.82) is 5.26 Å². The Kier molecular flexibility index (Phi) is 3.97. The molecule has 2 aromatic carbocycles. The molecule has 4 heteroatoms. The van der Waals surface area contributed by atoms with Gasteiger partial charge in [0, 0.05) is 22.6 Å². The summed E-state index contributed by atoms with van der Waals surface area (Å²) in [6, 6.07) is 27.2. The molecule has 26 heavy (non-hydrogen) atoms. The van der Waals surface area contributed by atoms with Crippen molar-refractivity contribution >= 4 is 0 Å². The van der Waals surface area contributed by atoms with Gasteiger partial charge < -0.3 is 9.97 Å². The third-order valence-corrected chi connectivity index (χ3v) is 4.29. The van der Waals surface area contributed by atoms with Gasteiger partial charge in [-0.25, -0.2) is 0 Å². The van der Waals surface area contributed by atoms with E-state index < -0.39 is 0 Å². The molecule has 0 aliphatic heterocycles. The van der Waals surface area contributed by atoms with E-state index in [-0.39, 0.29) is 11.1 Å². The summed E-state index contributed by atoms with van der Waals surface area (Å²) in [4.78, 5) is 18.5. The lowest BCUT2D eigenvalue weighted by Gasteiger charge is -2.07. The maximum atomic E-state index is 12.4. The summed E-state index contributed by atoms with van der Waals surface area (Å²) in [5.74, 6) is 0. The zero-order valence-electron chi connectivity index (χ0n) is 13.9. The van der Waals surface area contributed by atoms with Crippen LogP contribution in [-0.4, -0.2) is 9.97 Å². The highest BCUT2D eigenvalue weighted by molar-refractivity contribution is 5.75. The van der Waals surface area contributed by atoms with Crippen molar-refractivity contribution in [2.75, 3.05) is 0 Å². The summed E-state index contributed by atoms with van der Waals surface area (Å²) in [6.45, 7) is 0. The minimum Gasteiger partial charge on any atom is -0.355 e. The van der Waals surface area contributed by atoms with Crippen LogP contribution in [0.3, 0.4) is 0 Å². The molecule has 0 bridgehead atoms. The van der Waals surface area contributed by atoms with Gasteiger partial charge in [0.15, 0.2) is 0 Å². The number of nitrogens with zero attached hydrogens (tertiary/aromatic N) is 1. The predicted molar refractivity (Wildman–Crippen MR) is 102 cm³/mol. The molecule has 0 atom stereocenters. The second-order valence-corrected chi connectivity index (χ2v) is 5.93. The second kappa shape index (κ2) is 6.58. The Morgan fingerprint density at radius 3 is 1.88 bits per heavy atom. The average molecular weight is 337 g/mol. The number of hydrogen-bond donors (Lipinski definition) is 2. The highest BCUT2D eigenvalue weighted by Gasteiger charge is 2.14. The first kappa shape index (κ1) is 15.7. The molecule has 4 rings (SSSR count). The maximum Gasteiger partial charge on any atom is 0.267 e. The van der Waals surface area contributed by atoms with Gasteiger partial charge in [-0.1, -0.05) is 60.7 Å². The van der Waals surface area contributed by atoms with Gasteiger partial charge in [-0.15, -0.1) is 0 Å². The van der Waals surface area contributed by atoms with Gasteiger partial charge >= 0.3 is 0 Å². The van der Waals surface area contributed by atoms with Crippen LogP contribution >= 0.6 is 0 Å². The van der Waals surface area contributed by atoms with Crippen LogP contribution in [0, 0.1) is 11.3 Å². The molecule has 124 valence electrons. The molecule has 0 saturated carbocycles. The van der Waals surface area contributed by atoms with Crippen LogP contribution in [0.25, 0.3) is 33.8 Å². The summed E-state index contributed by atoms with van der Waals surface area (Å²) in [5.41, 5.74) is 4.61. The minimum absolute atomic E-state index is 0.103. The van der Waals surface area contributed by atoms with E-state index in [0.29, 0.717) is 11.3 Å². The number of aromatic nitrogens is 2. The van der Waals surface area contributed by atoms with Crippen molar-refractivity contribution in [3.8, 4) is 39.8 Å². The van der Waals surface area contributed by atoms with Crippen molar-refractivity contribution in [1.82, 2.24) is 9.97 Å². The van der Waals surface area contributed by atoms with Gasteiger partial charge in [0.2, 0.25) is 0 Å². The van der Waals surface area contributed by atoms with E-state index in [1.54, 1.807) is 0 Å². The molecule has 4 aromatic rings. The number of nitrogens with one attached hydrogen (secondary N) is 2. The van der Waals surface area contributed by atoms with Crippen LogP contribution in [0.4, 0.5) is 0 Å². The monoisotopic (exact) mass is 337 g/mol. The second-order valence-electron chi connectivity index (χ2n) is 5.93. The van der Waals surface area contributed by atoms with Gasteiger partial charge in [0.1, 0.15) is 11.6 Å². The fraction of sp³-hybridized carbons (Fsp3) is 0.